The quantitative estimate of drug-likeness (QED) is 0.848. The molecule has 1 aromatic carbocycles. The van der Waals surface area contributed by atoms with Gasteiger partial charge in [-0.25, -0.2) is 8.78 Å². The first kappa shape index (κ1) is 12.0. The Morgan fingerprint density at radius 2 is 2.00 bits per heavy atom. The third-order valence-corrected chi connectivity index (χ3v) is 3.65. The fourth-order valence-electron chi connectivity index (χ4n) is 1.60. The van der Waals surface area contributed by atoms with E-state index in [0.29, 0.717) is 5.56 Å². The number of nitrogens with one attached hydrogen (secondary N) is 1. The summed E-state index contributed by atoms with van der Waals surface area (Å²) in [6.07, 6.45) is 0. The molecule has 0 aliphatic heterocycles. The van der Waals surface area contributed by atoms with E-state index in [0.717, 1.165) is 4.88 Å². The van der Waals surface area contributed by atoms with Crippen molar-refractivity contribution in [2.75, 3.05) is 5.32 Å². The van der Waals surface area contributed by atoms with Gasteiger partial charge in [-0.05, 0) is 36.9 Å². The first-order valence-electron chi connectivity index (χ1n) is 5.33. The molecule has 2 aromatic rings. The smallest absolute Gasteiger partial charge is 0.146 e. The Hall–Kier alpha value is -1.42. The highest BCUT2D eigenvalue weighted by atomic mass is 32.1. The third kappa shape index (κ3) is 2.64. The number of anilines is 1. The van der Waals surface area contributed by atoms with Gasteiger partial charge in [0.15, 0.2) is 0 Å². The summed E-state index contributed by atoms with van der Waals surface area (Å²) in [5.41, 5.74) is 0.519. The van der Waals surface area contributed by atoms with Crippen LogP contribution in [-0.2, 0) is 0 Å². The van der Waals surface area contributed by atoms with Crippen molar-refractivity contribution >= 4 is 17.0 Å². The molecule has 1 heterocycles. The highest BCUT2D eigenvalue weighted by Gasteiger charge is 2.11. The summed E-state index contributed by atoms with van der Waals surface area (Å²) in [6, 6.07) is 6.27. The molecule has 1 unspecified atom stereocenters. The SMILES string of the molecule is Cc1cc(F)c(NC(C)c2cccs2)cc1F. The molecule has 0 aliphatic rings. The summed E-state index contributed by atoms with van der Waals surface area (Å²) < 4.78 is 27.0. The minimum absolute atomic E-state index is 0.0355. The molecule has 0 fully saturated rings. The summed E-state index contributed by atoms with van der Waals surface area (Å²) in [5, 5.41) is 4.93. The second kappa shape index (κ2) is 4.84. The number of halogens is 2. The summed E-state index contributed by atoms with van der Waals surface area (Å²) in [5.74, 6) is -0.820. The number of benzene rings is 1. The Kier molecular flexibility index (Phi) is 3.43. The van der Waals surface area contributed by atoms with Gasteiger partial charge in [-0.15, -0.1) is 11.3 Å². The molecule has 4 heteroatoms. The van der Waals surface area contributed by atoms with Gasteiger partial charge in [-0.1, -0.05) is 6.07 Å². The van der Waals surface area contributed by atoms with Gasteiger partial charge in [-0.2, -0.15) is 0 Å². The Bertz CT molecular complexity index is 508. The van der Waals surface area contributed by atoms with Crippen LogP contribution in [0.5, 0.6) is 0 Å². The van der Waals surface area contributed by atoms with Crippen molar-refractivity contribution in [3.63, 3.8) is 0 Å². The van der Waals surface area contributed by atoms with Gasteiger partial charge in [-0.3, -0.25) is 0 Å². The third-order valence-electron chi connectivity index (χ3n) is 2.59. The zero-order chi connectivity index (χ0) is 12.4. The van der Waals surface area contributed by atoms with Crippen LogP contribution in [0.1, 0.15) is 23.4 Å². The molecule has 1 atom stereocenters. The molecule has 0 spiro atoms. The largest absolute Gasteiger partial charge is 0.375 e. The van der Waals surface area contributed by atoms with E-state index in [9.17, 15) is 8.78 Å². The van der Waals surface area contributed by atoms with Gasteiger partial charge in [0.1, 0.15) is 11.6 Å². The molecule has 1 nitrogen and oxygen atoms in total. The molecular weight excluding hydrogens is 240 g/mol. The first-order valence-corrected chi connectivity index (χ1v) is 6.21. The molecule has 0 aliphatic carbocycles. The van der Waals surface area contributed by atoms with Crippen LogP contribution in [0.4, 0.5) is 14.5 Å². The van der Waals surface area contributed by atoms with E-state index >= 15 is 0 Å². The van der Waals surface area contributed by atoms with Crippen molar-refractivity contribution in [2.45, 2.75) is 19.9 Å². The molecule has 1 N–H and O–H groups in total. The monoisotopic (exact) mass is 253 g/mol. The van der Waals surface area contributed by atoms with E-state index in [1.165, 1.54) is 12.1 Å². The maximum absolute atomic E-state index is 13.6. The Morgan fingerprint density at radius 1 is 1.24 bits per heavy atom. The van der Waals surface area contributed by atoms with Crippen LogP contribution in [0, 0.1) is 18.6 Å². The minimum Gasteiger partial charge on any atom is -0.375 e. The van der Waals surface area contributed by atoms with Crippen molar-refractivity contribution in [1.82, 2.24) is 0 Å². The Morgan fingerprint density at radius 3 is 2.65 bits per heavy atom. The number of rotatable bonds is 3. The van der Waals surface area contributed by atoms with Gasteiger partial charge in [0.05, 0.1) is 11.7 Å². The lowest BCUT2D eigenvalue weighted by atomic mass is 10.2. The predicted octanol–water partition coefficient (Wildman–Crippen LogP) is 4.51. The lowest BCUT2D eigenvalue weighted by Gasteiger charge is -2.15. The summed E-state index contributed by atoms with van der Waals surface area (Å²) in [7, 11) is 0. The van der Waals surface area contributed by atoms with Crippen LogP contribution in [0.2, 0.25) is 0 Å². The standard InChI is InChI=1S/C13H13F2NS/c1-8-6-11(15)12(7-10(8)14)16-9(2)13-4-3-5-17-13/h3-7,9,16H,1-2H3. The summed E-state index contributed by atoms with van der Waals surface area (Å²) in [4.78, 5) is 1.09. The van der Waals surface area contributed by atoms with Crippen LogP contribution in [0.3, 0.4) is 0 Å². The fraction of sp³-hybridized carbons (Fsp3) is 0.231. The van der Waals surface area contributed by atoms with Crippen molar-refractivity contribution in [1.29, 1.82) is 0 Å². The highest BCUT2D eigenvalue weighted by molar-refractivity contribution is 7.10. The zero-order valence-corrected chi connectivity index (χ0v) is 10.4. The molecule has 1 aromatic heterocycles. The van der Waals surface area contributed by atoms with E-state index in [1.807, 2.05) is 24.4 Å². The molecular formula is C13H13F2NS. The van der Waals surface area contributed by atoms with Gasteiger partial charge >= 0.3 is 0 Å². The predicted molar refractivity (Wildman–Crippen MR) is 67.5 cm³/mol. The molecule has 17 heavy (non-hydrogen) atoms. The summed E-state index contributed by atoms with van der Waals surface area (Å²) in [6.45, 7) is 3.47. The zero-order valence-electron chi connectivity index (χ0n) is 9.63. The normalized spacial score (nSPS) is 12.5. The molecule has 0 radical (unpaired) electrons. The maximum atomic E-state index is 13.6. The lowest BCUT2D eigenvalue weighted by molar-refractivity contribution is 0.593. The van der Waals surface area contributed by atoms with E-state index < -0.39 is 11.6 Å². The second-order valence-electron chi connectivity index (χ2n) is 3.96. The average Bonchev–Trinajstić information content (AvgIpc) is 2.79. The molecule has 0 bridgehead atoms. The van der Waals surface area contributed by atoms with Gasteiger partial charge in [0, 0.05) is 10.9 Å². The first-order chi connectivity index (χ1) is 8.08. The van der Waals surface area contributed by atoms with Crippen molar-refractivity contribution in [2.24, 2.45) is 0 Å². The minimum atomic E-state index is -0.424. The maximum Gasteiger partial charge on any atom is 0.146 e. The molecule has 0 amide bonds. The van der Waals surface area contributed by atoms with Gasteiger partial charge < -0.3 is 5.32 Å². The molecule has 0 saturated carbocycles. The van der Waals surface area contributed by atoms with E-state index in [1.54, 1.807) is 18.3 Å². The highest BCUT2D eigenvalue weighted by Crippen LogP contribution is 2.26. The average molecular weight is 253 g/mol. The van der Waals surface area contributed by atoms with Crippen LogP contribution >= 0.6 is 11.3 Å². The second-order valence-corrected chi connectivity index (χ2v) is 4.94. The van der Waals surface area contributed by atoms with Crippen molar-refractivity contribution < 1.29 is 8.78 Å². The molecule has 2 rings (SSSR count). The van der Waals surface area contributed by atoms with E-state index in [4.69, 9.17) is 0 Å². The Balaban J connectivity index is 2.22. The van der Waals surface area contributed by atoms with E-state index in [2.05, 4.69) is 5.32 Å². The van der Waals surface area contributed by atoms with Crippen LogP contribution < -0.4 is 5.32 Å². The summed E-state index contributed by atoms with van der Waals surface area (Å²) >= 11 is 1.58. The van der Waals surface area contributed by atoms with Crippen LogP contribution in [-0.4, -0.2) is 0 Å². The van der Waals surface area contributed by atoms with Gasteiger partial charge in [0.2, 0.25) is 0 Å². The number of hydrogen-bond donors (Lipinski definition) is 1. The van der Waals surface area contributed by atoms with Crippen LogP contribution in [0.25, 0.3) is 0 Å². The van der Waals surface area contributed by atoms with Crippen molar-refractivity contribution in [3.05, 3.63) is 51.7 Å². The Labute approximate surface area is 103 Å². The lowest BCUT2D eigenvalue weighted by Crippen LogP contribution is -2.07. The topological polar surface area (TPSA) is 12.0 Å². The van der Waals surface area contributed by atoms with Gasteiger partial charge in [0.25, 0.3) is 0 Å². The van der Waals surface area contributed by atoms with E-state index in [-0.39, 0.29) is 11.7 Å². The fourth-order valence-corrected chi connectivity index (χ4v) is 2.33. The number of aryl methyl sites for hydroxylation is 1. The molecule has 0 saturated heterocycles. The van der Waals surface area contributed by atoms with Crippen LogP contribution in [0.15, 0.2) is 29.6 Å². The molecule has 90 valence electrons. The number of thiophene rings is 1. The number of hydrogen-bond acceptors (Lipinski definition) is 2. The van der Waals surface area contributed by atoms with Crippen molar-refractivity contribution in [3.8, 4) is 0 Å².